The molecule has 1 aliphatic rings. The van der Waals surface area contributed by atoms with Gasteiger partial charge in [-0.3, -0.25) is 0 Å². The monoisotopic (exact) mass is 285 g/mol. The lowest BCUT2D eigenvalue weighted by atomic mass is 10.0. The van der Waals surface area contributed by atoms with Crippen molar-refractivity contribution in [3.8, 4) is 0 Å². The van der Waals surface area contributed by atoms with Gasteiger partial charge in [0.1, 0.15) is 0 Å². The Balaban J connectivity index is 1.99. The molecule has 0 saturated heterocycles. The molecule has 1 N–H and O–H groups in total. The number of rotatable bonds is 6. The van der Waals surface area contributed by atoms with Crippen molar-refractivity contribution in [1.82, 2.24) is 5.32 Å². The lowest BCUT2D eigenvalue weighted by Crippen LogP contribution is -2.30. The molecule has 1 aromatic rings. The summed E-state index contributed by atoms with van der Waals surface area (Å²) >= 11 is 12.0. The van der Waals surface area contributed by atoms with Crippen LogP contribution in [0.4, 0.5) is 0 Å². The molecule has 2 rings (SSSR count). The molecule has 1 aliphatic carbocycles. The highest BCUT2D eigenvalue weighted by atomic mass is 35.5. The Labute approximate surface area is 120 Å². The number of halogens is 2. The molecule has 1 saturated carbocycles. The van der Waals surface area contributed by atoms with E-state index in [1.54, 1.807) is 0 Å². The summed E-state index contributed by atoms with van der Waals surface area (Å²) < 4.78 is 0. The van der Waals surface area contributed by atoms with Crippen LogP contribution >= 0.6 is 23.2 Å². The smallest absolute Gasteiger partial charge is 0.0595 e. The summed E-state index contributed by atoms with van der Waals surface area (Å²) in [5, 5.41) is 4.97. The van der Waals surface area contributed by atoms with Crippen LogP contribution in [0.5, 0.6) is 0 Å². The number of hydrogen-bond acceptors (Lipinski definition) is 1. The molecule has 0 heterocycles. The number of benzene rings is 1. The first-order valence-electron chi connectivity index (χ1n) is 6.81. The van der Waals surface area contributed by atoms with Crippen molar-refractivity contribution in [2.75, 3.05) is 0 Å². The van der Waals surface area contributed by atoms with E-state index in [0.717, 1.165) is 12.3 Å². The first-order chi connectivity index (χ1) is 8.60. The van der Waals surface area contributed by atoms with Crippen molar-refractivity contribution in [1.29, 1.82) is 0 Å². The van der Waals surface area contributed by atoms with Crippen molar-refractivity contribution in [3.05, 3.63) is 33.8 Å². The van der Waals surface area contributed by atoms with Crippen LogP contribution in [-0.4, -0.2) is 6.04 Å². The zero-order valence-corrected chi connectivity index (χ0v) is 12.6. The highest BCUT2D eigenvalue weighted by molar-refractivity contribution is 6.42. The van der Waals surface area contributed by atoms with E-state index in [-0.39, 0.29) is 0 Å². The van der Waals surface area contributed by atoms with Crippen molar-refractivity contribution >= 4 is 23.2 Å². The molecule has 0 bridgehead atoms. The second-order valence-corrected chi connectivity index (χ2v) is 6.20. The van der Waals surface area contributed by atoms with E-state index < -0.39 is 0 Å². The second-order valence-electron chi connectivity index (χ2n) is 5.38. The molecular formula is C15H21Cl2N. The van der Waals surface area contributed by atoms with E-state index >= 15 is 0 Å². The Morgan fingerprint density at radius 1 is 1.28 bits per heavy atom. The number of nitrogens with one attached hydrogen (secondary N) is 1. The maximum Gasteiger partial charge on any atom is 0.0595 e. The summed E-state index contributed by atoms with van der Waals surface area (Å²) in [6.07, 6.45) is 5.18. The summed E-state index contributed by atoms with van der Waals surface area (Å²) in [7, 11) is 0. The molecule has 3 heteroatoms. The summed E-state index contributed by atoms with van der Waals surface area (Å²) in [6, 6.07) is 6.87. The van der Waals surface area contributed by atoms with Gasteiger partial charge in [-0.25, -0.2) is 0 Å². The van der Waals surface area contributed by atoms with Crippen molar-refractivity contribution in [2.24, 2.45) is 5.92 Å². The third-order valence-corrected chi connectivity index (χ3v) is 4.36. The molecule has 0 radical (unpaired) electrons. The van der Waals surface area contributed by atoms with E-state index in [9.17, 15) is 0 Å². The molecule has 2 unspecified atom stereocenters. The Hall–Kier alpha value is -0.240. The Bertz CT molecular complexity index is 401. The topological polar surface area (TPSA) is 12.0 Å². The summed E-state index contributed by atoms with van der Waals surface area (Å²) in [5.41, 5.74) is 1.23. The zero-order chi connectivity index (χ0) is 13.1. The summed E-state index contributed by atoms with van der Waals surface area (Å²) in [5.74, 6) is 0.957. The van der Waals surface area contributed by atoms with Gasteiger partial charge in [0.2, 0.25) is 0 Å². The van der Waals surface area contributed by atoms with Crippen LogP contribution in [0.25, 0.3) is 0 Å². The van der Waals surface area contributed by atoms with Crippen LogP contribution in [0.2, 0.25) is 10.0 Å². The van der Waals surface area contributed by atoms with Gasteiger partial charge in [0.05, 0.1) is 10.0 Å². The lowest BCUT2D eigenvalue weighted by Gasteiger charge is -2.23. The lowest BCUT2D eigenvalue weighted by molar-refractivity contribution is 0.413. The van der Waals surface area contributed by atoms with Gasteiger partial charge in [-0.1, -0.05) is 49.0 Å². The van der Waals surface area contributed by atoms with Crippen LogP contribution in [0.1, 0.15) is 51.1 Å². The quantitative estimate of drug-likeness (QED) is 0.755. The first-order valence-corrected chi connectivity index (χ1v) is 7.56. The summed E-state index contributed by atoms with van der Waals surface area (Å²) in [6.45, 7) is 4.47. The molecule has 18 heavy (non-hydrogen) atoms. The second kappa shape index (κ2) is 6.27. The molecule has 0 aliphatic heterocycles. The Kier molecular flexibility index (Phi) is 4.94. The molecule has 1 aromatic carbocycles. The third-order valence-electron chi connectivity index (χ3n) is 3.62. The average Bonchev–Trinajstić information content (AvgIpc) is 3.13. The molecular weight excluding hydrogens is 265 g/mol. The highest BCUT2D eigenvalue weighted by Gasteiger charge is 2.24. The Morgan fingerprint density at radius 2 is 2.00 bits per heavy atom. The fourth-order valence-corrected chi connectivity index (χ4v) is 2.75. The summed E-state index contributed by atoms with van der Waals surface area (Å²) in [4.78, 5) is 0. The van der Waals surface area contributed by atoms with Gasteiger partial charge in [0.25, 0.3) is 0 Å². The van der Waals surface area contributed by atoms with E-state index in [1.807, 2.05) is 12.1 Å². The van der Waals surface area contributed by atoms with Gasteiger partial charge >= 0.3 is 0 Å². The molecule has 2 atom stereocenters. The normalized spacial score (nSPS) is 18.7. The fraction of sp³-hybridized carbons (Fsp3) is 0.600. The predicted octanol–water partition coefficient (Wildman–Crippen LogP) is 5.22. The molecule has 1 fully saturated rings. The van der Waals surface area contributed by atoms with Crippen molar-refractivity contribution < 1.29 is 0 Å². The van der Waals surface area contributed by atoms with Gasteiger partial charge in [0, 0.05) is 12.1 Å². The Morgan fingerprint density at radius 3 is 2.56 bits per heavy atom. The maximum atomic E-state index is 6.09. The van der Waals surface area contributed by atoms with Gasteiger partial charge in [-0.15, -0.1) is 0 Å². The zero-order valence-electron chi connectivity index (χ0n) is 11.0. The van der Waals surface area contributed by atoms with E-state index in [1.165, 1.54) is 24.8 Å². The molecule has 0 amide bonds. The van der Waals surface area contributed by atoms with Crippen molar-refractivity contribution in [3.63, 3.8) is 0 Å². The van der Waals surface area contributed by atoms with E-state index in [4.69, 9.17) is 23.2 Å². The molecule has 0 spiro atoms. The predicted molar refractivity (Wildman–Crippen MR) is 79.4 cm³/mol. The van der Waals surface area contributed by atoms with Crippen LogP contribution in [0.3, 0.4) is 0 Å². The molecule has 1 nitrogen and oxygen atoms in total. The maximum absolute atomic E-state index is 6.09. The minimum Gasteiger partial charge on any atom is -0.307 e. The van der Waals surface area contributed by atoms with E-state index in [0.29, 0.717) is 22.1 Å². The SMILES string of the molecule is CCC(NC(C)CC1CC1)c1ccc(Cl)c(Cl)c1. The van der Waals surface area contributed by atoms with Gasteiger partial charge in [-0.05, 0) is 43.4 Å². The van der Waals surface area contributed by atoms with Crippen LogP contribution in [0, 0.1) is 5.92 Å². The molecule has 100 valence electrons. The standard InChI is InChI=1S/C15H21Cl2N/c1-3-15(18-10(2)8-11-4-5-11)12-6-7-13(16)14(17)9-12/h6-7,9-11,15,18H,3-5,8H2,1-2H3. The highest BCUT2D eigenvalue weighted by Crippen LogP contribution is 2.34. The minimum absolute atomic E-state index is 0.369. The third kappa shape index (κ3) is 3.88. The average molecular weight is 286 g/mol. The van der Waals surface area contributed by atoms with Crippen LogP contribution < -0.4 is 5.32 Å². The van der Waals surface area contributed by atoms with Gasteiger partial charge < -0.3 is 5.32 Å². The van der Waals surface area contributed by atoms with E-state index in [2.05, 4.69) is 25.2 Å². The van der Waals surface area contributed by atoms with Crippen LogP contribution in [0.15, 0.2) is 18.2 Å². The molecule has 0 aromatic heterocycles. The fourth-order valence-electron chi connectivity index (χ4n) is 2.44. The van der Waals surface area contributed by atoms with Gasteiger partial charge in [0.15, 0.2) is 0 Å². The first kappa shape index (κ1) is 14.2. The van der Waals surface area contributed by atoms with Crippen LogP contribution in [-0.2, 0) is 0 Å². The minimum atomic E-state index is 0.369. The van der Waals surface area contributed by atoms with Gasteiger partial charge in [-0.2, -0.15) is 0 Å². The largest absolute Gasteiger partial charge is 0.307 e. The van der Waals surface area contributed by atoms with Crippen molar-refractivity contribution in [2.45, 2.75) is 51.6 Å². The number of hydrogen-bond donors (Lipinski definition) is 1.